The van der Waals surface area contributed by atoms with E-state index in [1.807, 2.05) is 18.3 Å². The van der Waals surface area contributed by atoms with Gasteiger partial charge in [0.15, 0.2) is 0 Å². The van der Waals surface area contributed by atoms with Gasteiger partial charge in [-0.05, 0) is 32.5 Å². The van der Waals surface area contributed by atoms with Crippen LogP contribution in [-0.2, 0) is 0 Å². The lowest BCUT2D eigenvalue weighted by atomic mass is 10.0. The zero-order chi connectivity index (χ0) is 13.8. The number of hydrogen-bond donors (Lipinski definition) is 1. The van der Waals surface area contributed by atoms with E-state index in [2.05, 4.69) is 41.6 Å². The summed E-state index contributed by atoms with van der Waals surface area (Å²) < 4.78 is 0. The van der Waals surface area contributed by atoms with Crippen LogP contribution < -0.4 is 5.73 Å². The molecule has 1 aliphatic heterocycles. The van der Waals surface area contributed by atoms with Gasteiger partial charge in [0.1, 0.15) is 0 Å². The Labute approximate surface area is 116 Å². The molecule has 2 rings (SSSR count). The quantitative estimate of drug-likeness (QED) is 0.893. The summed E-state index contributed by atoms with van der Waals surface area (Å²) in [5.74, 6) is 0. The number of pyridine rings is 1. The molecule has 0 bridgehead atoms. The molecule has 2 heterocycles. The van der Waals surface area contributed by atoms with Crippen molar-refractivity contribution in [2.45, 2.75) is 38.9 Å². The highest BCUT2D eigenvalue weighted by molar-refractivity contribution is 5.11. The smallest absolute Gasteiger partial charge is 0.0671 e. The van der Waals surface area contributed by atoms with Gasteiger partial charge in [-0.2, -0.15) is 0 Å². The summed E-state index contributed by atoms with van der Waals surface area (Å²) in [6.07, 6.45) is 1.86. The van der Waals surface area contributed by atoms with Crippen molar-refractivity contribution in [1.82, 2.24) is 14.8 Å². The van der Waals surface area contributed by atoms with E-state index in [9.17, 15) is 0 Å². The molecule has 106 valence electrons. The third-order valence-corrected chi connectivity index (χ3v) is 4.08. The first-order valence-corrected chi connectivity index (χ1v) is 7.28. The first-order chi connectivity index (χ1) is 9.13. The molecule has 4 nitrogen and oxygen atoms in total. The van der Waals surface area contributed by atoms with Crippen LogP contribution in [-0.4, -0.2) is 53.0 Å². The molecule has 1 fully saturated rings. The van der Waals surface area contributed by atoms with E-state index < -0.39 is 0 Å². The highest BCUT2D eigenvalue weighted by Crippen LogP contribution is 2.24. The molecule has 0 amide bonds. The zero-order valence-corrected chi connectivity index (χ0v) is 12.3. The summed E-state index contributed by atoms with van der Waals surface area (Å²) in [6, 6.07) is 7.00. The molecule has 3 atom stereocenters. The maximum Gasteiger partial charge on any atom is 0.0671 e. The minimum atomic E-state index is 0.0928. The molecule has 19 heavy (non-hydrogen) atoms. The highest BCUT2D eigenvalue weighted by Gasteiger charge is 2.30. The Kier molecular flexibility index (Phi) is 4.91. The summed E-state index contributed by atoms with van der Waals surface area (Å²) in [5.41, 5.74) is 7.31. The minimum Gasteiger partial charge on any atom is -0.326 e. The Balaban J connectivity index is 2.13. The van der Waals surface area contributed by atoms with E-state index >= 15 is 0 Å². The van der Waals surface area contributed by atoms with E-state index in [0.29, 0.717) is 6.04 Å². The van der Waals surface area contributed by atoms with Gasteiger partial charge in [0.2, 0.25) is 0 Å². The minimum absolute atomic E-state index is 0.0928. The molecule has 0 spiro atoms. The summed E-state index contributed by atoms with van der Waals surface area (Å²) in [7, 11) is 0. The third-order valence-electron chi connectivity index (χ3n) is 4.08. The second kappa shape index (κ2) is 6.46. The Morgan fingerprint density at radius 1 is 1.42 bits per heavy atom. The molecule has 1 aliphatic rings. The molecule has 1 aromatic rings. The Hall–Kier alpha value is -0.970. The van der Waals surface area contributed by atoms with Crippen LogP contribution in [0.4, 0.5) is 0 Å². The van der Waals surface area contributed by atoms with Crippen LogP contribution in [0.25, 0.3) is 0 Å². The van der Waals surface area contributed by atoms with Gasteiger partial charge < -0.3 is 5.73 Å². The number of aromatic nitrogens is 1. The van der Waals surface area contributed by atoms with Crippen LogP contribution >= 0.6 is 0 Å². The number of hydrogen-bond acceptors (Lipinski definition) is 4. The fourth-order valence-corrected chi connectivity index (χ4v) is 3.09. The van der Waals surface area contributed by atoms with Crippen molar-refractivity contribution in [3.63, 3.8) is 0 Å². The number of likely N-dealkylation sites (N-methyl/N-ethyl adjacent to an activating group) is 1. The first kappa shape index (κ1) is 14.4. The topological polar surface area (TPSA) is 45.4 Å². The SMILES string of the molecule is CCN1CCN(C(c2ccccn2)C(C)N)CC1C. The third kappa shape index (κ3) is 3.32. The monoisotopic (exact) mass is 262 g/mol. The van der Waals surface area contributed by atoms with Gasteiger partial charge in [-0.25, -0.2) is 0 Å². The second-order valence-electron chi connectivity index (χ2n) is 5.53. The van der Waals surface area contributed by atoms with Crippen molar-refractivity contribution in [2.75, 3.05) is 26.2 Å². The maximum atomic E-state index is 6.22. The fraction of sp³-hybridized carbons (Fsp3) is 0.667. The molecular weight excluding hydrogens is 236 g/mol. The van der Waals surface area contributed by atoms with E-state index in [-0.39, 0.29) is 12.1 Å². The predicted molar refractivity (Wildman–Crippen MR) is 78.9 cm³/mol. The average molecular weight is 262 g/mol. The van der Waals surface area contributed by atoms with Gasteiger partial charge in [-0.3, -0.25) is 14.8 Å². The molecule has 0 aliphatic carbocycles. The standard InChI is InChI=1S/C15H26N4/c1-4-18-9-10-19(11-12(18)2)15(13(3)16)14-7-5-6-8-17-14/h5-8,12-13,15H,4,9-11,16H2,1-3H3. The number of rotatable bonds is 4. The molecule has 0 radical (unpaired) electrons. The molecule has 2 N–H and O–H groups in total. The fourth-order valence-electron chi connectivity index (χ4n) is 3.09. The van der Waals surface area contributed by atoms with Gasteiger partial charge in [-0.15, -0.1) is 0 Å². The normalized spacial score (nSPS) is 25.2. The van der Waals surface area contributed by atoms with Crippen LogP contribution in [0, 0.1) is 0 Å². The van der Waals surface area contributed by atoms with Crippen molar-refractivity contribution in [1.29, 1.82) is 0 Å². The Bertz CT molecular complexity index is 379. The molecule has 3 unspecified atom stereocenters. The van der Waals surface area contributed by atoms with Gasteiger partial charge >= 0.3 is 0 Å². The Morgan fingerprint density at radius 2 is 2.21 bits per heavy atom. The van der Waals surface area contributed by atoms with Crippen LogP contribution in [0.15, 0.2) is 24.4 Å². The maximum absolute atomic E-state index is 6.22. The lowest BCUT2D eigenvalue weighted by Crippen LogP contribution is -2.54. The molecule has 0 aromatic carbocycles. The largest absolute Gasteiger partial charge is 0.326 e. The van der Waals surface area contributed by atoms with Crippen LogP contribution in [0.5, 0.6) is 0 Å². The number of piperazine rings is 1. The molecule has 0 saturated carbocycles. The van der Waals surface area contributed by atoms with Crippen molar-refractivity contribution in [3.05, 3.63) is 30.1 Å². The number of nitrogens with zero attached hydrogens (tertiary/aromatic N) is 3. The predicted octanol–water partition coefficient (Wildman–Crippen LogP) is 1.50. The van der Waals surface area contributed by atoms with Gasteiger partial charge in [0.05, 0.1) is 11.7 Å². The summed E-state index contributed by atoms with van der Waals surface area (Å²) in [6.45, 7) is 11.0. The van der Waals surface area contributed by atoms with Crippen LogP contribution in [0.1, 0.15) is 32.5 Å². The molecular formula is C15H26N4. The van der Waals surface area contributed by atoms with Crippen LogP contribution in [0.3, 0.4) is 0 Å². The van der Waals surface area contributed by atoms with E-state index in [4.69, 9.17) is 5.73 Å². The first-order valence-electron chi connectivity index (χ1n) is 7.28. The summed E-state index contributed by atoms with van der Waals surface area (Å²) in [5, 5.41) is 0. The van der Waals surface area contributed by atoms with Crippen molar-refractivity contribution in [3.8, 4) is 0 Å². The van der Waals surface area contributed by atoms with Gasteiger partial charge in [0, 0.05) is 37.9 Å². The summed E-state index contributed by atoms with van der Waals surface area (Å²) in [4.78, 5) is 9.52. The van der Waals surface area contributed by atoms with E-state index in [0.717, 1.165) is 31.9 Å². The highest BCUT2D eigenvalue weighted by atomic mass is 15.3. The average Bonchev–Trinajstić information content (AvgIpc) is 2.40. The van der Waals surface area contributed by atoms with E-state index in [1.165, 1.54) is 0 Å². The van der Waals surface area contributed by atoms with E-state index in [1.54, 1.807) is 0 Å². The lowest BCUT2D eigenvalue weighted by molar-refractivity contribution is 0.0503. The van der Waals surface area contributed by atoms with Gasteiger partial charge in [0.25, 0.3) is 0 Å². The second-order valence-corrected chi connectivity index (χ2v) is 5.53. The van der Waals surface area contributed by atoms with Crippen molar-refractivity contribution < 1.29 is 0 Å². The Morgan fingerprint density at radius 3 is 2.74 bits per heavy atom. The lowest BCUT2D eigenvalue weighted by Gasteiger charge is -2.43. The van der Waals surface area contributed by atoms with Crippen molar-refractivity contribution in [2.24, 2.45) is 5.73 Å². The van der Waals surface area contributed by atoms with Crippen LogP contribution in [0.2, 0.25) is 0 Å². The molecule has 1 saturated heterocycles. The van der Waals surface area contributed by atoms with Gasteiger partial charge in [-0.1, -0.05) is 13.0 Å². The van der Waals surface area contributed by atoms with Crippen molar-refractivity contribution >= 4 is 0 Å². The zero-order valence-electron chi connectivity index (χ0n) is 12.3. The molecule has 1 aromatic heterocycles. The molecule has 4 heteroatoms. The summed E-state index contributed by atoms with van der Waals surface area (Å²) >= 11 is 0. The number of nitrogens with two attached hydrogens (primary N) is 1.